The second-order valence-corrected chi connectivity index (χ2v) is 5.16. The zero-order chi connectivity index (χ0) is 14.5. The maximum Gasteiger partial charge on any atom is 1.00 e. The Kier molecular flexibility index (Phi) is 24.2. The summed E-state index contributed by atoms with van der Waals surface area (Å²) in [6, 6.07) is 0. The summed E-state index contributed by atoms with van der Waals surface area (Å²) in [4.78, 5) is 21.0. The molecular weight excluding hydrogens is 290 g/mol. The van der Waals surface area contributed by atoms with Crippen LogP contribution in [0, 0.1) is 5.92 Å². The summed E-state index contributed by atoms with van der Waals surface area (Å²) in [5.74, 6) is -4.51. The molecule has 0 heterocycles. The molecule has 112 valence electrons. The van der Waals surface area contributed by atoms with Crippen LogP contribution in [0.5, 0.6) is 0 Å². The van der Waals surface area contributed by atoms with Gasteiger partial charge in [0.05, 0.1) is 11.9 Å². The van der Waals surface area contributed by atoms with Gasteiger partial charge in [0.1, 0.15) is 0 Å². The number of carbonyl (C=O) groups is 2. The van der Waals surface area contributed by atoms with Crippen LogP contribution >= 0.6 is 0 Å². The van der Waals surface area contributed by atoms with Crippen molar-refractivity contribution < 1.29 is 78.9 Å². The largest absolute Gasteiger partial charge is 1.00 e. The molecule has 0 N–H and O–H groups in total. The van der Waals surface area contributed by atoms with Crippen molar-refractivity contribution >= 4 is 11.9 Å². The second kappa shape index (κ2) is 19.0. The Morgan fingerprint density at radius 3 is 1.38 bits per heavy atom. The minimum Gasteiger partial charge on any atom is -0.549 e. The molecule has 0 spiro atoms. The molecule has 0 aliphatic carbocycles. The maximum atomic E-state index is 10.5. The summed E-state index contributed by atoms with van der Waals surface area (Å²) in [6.07, 6.45) is 11.5. The molecule has 0 fully saturated rings. The molecule has 0 amide bonds. The molecule has 0 radical (unpaired) electrons. The Morgan fingerprint density at radius 2 is 1.05 bits per heavy atom. The van der Waals surface area contributed by atoms with E-state index < -0.39 is 17.9 Å². The zero-order valence-corrected chi connectivity index (χ0v) is 18.0. The Labute approximate surface area is 173 Å². The molecule has 0 aromatic carbocycles. The SMILES string of the molecule is CCCCCCCCCCCCC(C(=O)[O-])C(=O)[O-].[Na+].[Na+]. The van der Waals surface area contributed by atoms with E-state index in [-0.39, 0.29) is 65.5 Å². The van der Waals surface area contributed by atoms with Gasteiger partial charge in [-0.05, 0) is 6.42 Å². The molecular formula is C15H26Na2O4. The van der Waals surface area contributed by atoms with Crippen LogP contribution < -0.4 is 69.3 Å². The molecule has 0 saturated carbocycles. The molecule has 0 unspecified atom stereocenters. The number of rotatable bonds is 13. The molecule has 0 aliphatic rings. The minimum atomic E-state index is -1.53. The molecule has 0 aromatic rings. The summed E-state index contributed by atoms with van der Waals surface area (Å²) in [7, 11) is 0. The van der Waals surface area contributed by atoms with E-state index in [4.69, 9.17) is 0 Å². The average molecular weight is 316 g/mol. The Morgan fingerprint density at radius 1 is 0.714 bits per heavy atom. The van der Waals surface area contributed by atoms with Gasteiger partial charge in [0.2, 0.25) is 0 Å². The van der Waals surface area contributed by atoms with Crippen LogP contribution in [-0.2, 0) is 9.59 Å². The molecule has 21 heavy (non-hydrogen) atoms. The third-order valence-corrected chi connectivity index (χ3v) is 3.42. The van der Waals surface area contributed by atoms with Crippen molar-refractivity contribution in [1.29, 1.82) is 0 Å². The number of carbonyl (C=O) groups excluding carboxylic acids is 2. The standard InChI is InChI=1S/C15H28O4.2Na/c1-2-3-4-5-6-7-8-9-10-11-12-13(14(16)17)15(18)19;;/h13H,2-12H2,1H3,(H,16,17)(H,18,19);;/q;2*+1/p-2. The second-order valence-electron chi connectivity index (χ2n) is 5.16. The van der Waals surface area contributed by atoms with Gasteiger partial charge in [0.25, 0.3) is 0 Å². The number of carboxylic acid groups (broad SMARTS) is 2. The van der Waals surface area contributed by atoms with E-state index in [1.807, 2.05) is 0 Å². The predicted molar refractivity (Wildman–Crippen MR) is 70.0 cm³/mol. The first-order valence-corrected chi connectivity index (χ1v) is 7.51. The first-order valence-electron chi connectivity index (χ1n) is 7.51. The minimum absolute atomic E-state index is 0. The van der Waals surface area contributed by atoms with Crippen molar-refractivity contribution in [1.82, 2.24) is 0 Å². The fraction of sp³-hybridized carbons (Fsp3) is 0.867. The van der Waals surface area contributed by atoms with E-state index >= 15 is 0 Å². The molecule has 0 aliphatic heterocycles. The van der Waals surface area contributed by atoms with Crippen molar-refractivity contribution in [3.63, 3.8) is 0 Å². The van der Waals surface area contributed by atoms with Crippen LogP contribution in [0.1, 0.15) is 77.6 Å². The molecule has 4 nitrogen and oxygen atoms in total. The van der Waals surface area contributed by atoms with Crippen molar-refractivity contribution in [2.24, 2.45) is 5.92 Å². The third-order valence-electron chi connectivity index (χ3n) is 3.42. The smallest absolute Gasteiger partial charge is 0.549 e. The van der Waals surface area contributed by atoms with Gasteiger partial charge in [-0.2, -0.15) is 0 Å². The quantitative estimate of drug-likeness (QED) is 0.195. The van der Waals surface area contributed by atoms with E-state index in [1.165, 1.54) is 38.5 Å². The topological polar surface area (TPSA) is 80.3 Å². The van der Waals surface area contributed by atoms with Gasteiger partial charge in [0, 0.05) is 5.92 Å². The maximum absolute atomic E-state index is 10.5. The molecule has 0 rings (SSSR count). The Balaban J connectivity index is -0.00000162. The number of aliphatic carboxylic acids is 2. The summed E-state index contributed by atoms with van der Waals surface area (Å²) in [5, 5.41) is 21.0. The molecule has 6 heteroatoms. The normalized spacial score (nSPS) is 9.81. The van der Waals surface area contributed by atoms with Crippen LogP contribution in [0.3, 0.4) is 0 Å². The summed E-state index contributed by atoms with van der Waals surface area (Å²) >= 11 is 0. The summed E-state index contributed by atoms with van der Waals surface area (Å²) in [5.41, 5.74) is 0. The first kappa shape index (κ1) is 26.8. The third kappa shape index (κ3) is 17.1. The molecule has 0 atom stereocenters. The van der Waals surface area contributed by atoms with E-state index in [0.717, 1.165) is 19.3 Å². The first-order chi connectivity index (χ1) is 9.09. The van der Waals surface area contributed by atoms with Gasteiger partial charge >= 0.3 is 59.1 Å². The van der Waals surface area contributed by atoms with Crippen LogP contribution in [-0.4, -0.2) is 11.9 Å². The van der Waals surface area contributed by atoms with Gasteiger partial charge in [-0.25, -0.2) is 0 Å². The molecule has 0 bridgehead atoms. The monoisotopic (exact) mass is 316 g/mol. The number of hydrogen-bond donors (Lipinski definition) is 0. The van der Waals surface area contributed by atoms with Gasteiger partial charge in [0.15, 0.2) is 0 Å². The van der Waals surface area contributed by atoms with E-state index in [1.54, 1.807) is 0 Å². The van der Waals surface area contributed by atoms with Crippen molar-refractivity contribution in [2.75, 3.05) is 0 Å². The van der Waals surface area contributed by atoms with Crippen molar-refractivity contribution in [3.8, 4) is 0 Å². The van der Waals surface area contributed by atoms with Gasteiger partial charge in [-0.3, -0.25) is 0 Å². The zero-order valence-electron chi connectivity index (χ0n) is 14.0. The van der Waals surface area contributed by atoms with Gasteiger partial charge in [-0.1, -0.05) is 71.1 Å². The fourth-order valence-electron chi connectivity index (χ4n) is 2.17. The molecule has 0 aromatic heterocycles. The molecule has 0 saturated heterocycles. The number of unbranched alkanes of at least 4 members (excludes halogenated alkanes) is 9. The van der Waals surface area contributed by atoms with E-state index in [2.05, 4.69) is 6.92 Å². The van der Waals surface area contributed by atoms with Crippen LogP contribution in [0.25, 0.3) is 0 Å². The van der Waals surface area contributed by atoms with Crippen LogP contribution in [0.4, 0.5) is 0 Å². The number of hydrogen-bond acceptors (Lipinski definition) is 4. The van der Waals surface area contributed by atoms with Gasteiger partial charge in [-0.15, -0.1) is 0 Å². The Hall–Kier alpha value is 0.940. The van der Waals surface area contributed by atoms with E-state index in [0.29, 0.717) is 6.42 Å². The van der Waals surface area contributed by atoms with Crippen LogP contribution in [0.15, 0.2) is 0 Å². The van der Waals surface area contributed by atoms with Gasteiger partial charge < -0.3 is 19.8 Å². The number of carboxylic acids is 2. The average Bonchev–Trinajstić information content (AvgIpc) is 2.35. The fourth-order valence-corrected chi connectivity index (χ4v) is 2.17. The Bertz CT molecular complexity index is 246. The van der Waals surface area contributed by atoms with E-state index in [9.17, 15) is 19.8 Å². The summed E-state index contributed by atoms with van der Waals surface area (Å²) in [6.45, 7) is 2.20. The van der Waals surface area contributed by atoms with Crippen molar-refractivity contribution in [2.45, 2.75) is 77.6 Å². The predicted octanol–water partition coefficient (Wildman–Crippen LogP) is -4.58. The van der Waals surface area contributed by atoms with Crippen molar-refractivity contribution in [3.05, 3.63) is 0 Å². The summed E-state index contributed by atoms with van der Waals surface area (Å²) < 4.78 is 0. The van der Waals surface area contributed by atoms with Crippen LogP contribution in [0.2, 0.25) is 0 Å².